The predicted octanol–water partition coefficient (Wildman–Crippen LogP) is 0.668. The quantitative estimate of drug-likeness (QED) is 0.505. The van der Waals surface area contributed by atoms with Crippen molar-refractivity contribution >= 4 is 23.0 Å². The molecule has 2 aliphatic heterocycles. The molecule has 2 rings (SSSR count). The van der Waals surface area contributed by atoms with Crippen LogP contribution in [0.5, 0.6) is 0 Å². The first-order chi connectivity index (χ1) is 6.77. The second-order valence-electron chi connectivity index (χ2n) is 3.24. The lowest BCUT2D eigenvalue weighted by Gasteiger charge is -2.31. The Kier molecular flexibility index (Phi) is 2.51. The Bertz CT molecular complexity index is 380. The molecule has 1 saturated heterocycles. The van der Waals surface area contributed by atoms with E-state index in [4.69, 9.17) is 18.0 Å². The van der Waals surface area contributed by atoms with Crippen molar-refractivity contribution in [3.05, 3.63) is 11.8 Å². The summed E-state index contributed by atoms with van der Waals surface area (Å²) in [6.45, 7) is 2.08. The summed E-state index contributed by atoms with van der Waals surface area (Å²) in [5, 5.41) is 0. The second kappa shape index (κ2) is 3.81. The van der Waals surface area contributed by atoms with Gasteiger partial charge in [0, 0.05) is 19.5 Å². The molecule has 0 unspecified atom stereocenters. The molecule has 3 nitrogen and oxygen atoms in total. The van der Waals surface area contributed by atoms with Crippen LogP contribution >= 0.6 is 12.2 Å². The van der Waals surface area contributed by atoms with Crippen molar-refractivity contribution in [2.24, 2.45) is 10.7 Å². The van der Waals surface area contributed by atoms with Crippen LogP contribution in [0.1, 0.15) is 12.8 Å². The molecular weight excluding hydrogens is 194 g/mol. The third kappa shape index (κ3) is 1.78. The summed E-state index contributed by atoms with van der Waals surface area (Å²) in [5.74, 6) is 6.86. The molecular formula is C10H11N3S. The summed E-state index contributed by atoms with van der Waals surface area (Å²) in [5.41, 5.74) is 6.22. The highest BCUT2D eigenvalue weighted by atomic mass is 32.1. The summed E-state index contributed by atoms with van der Waals surface area (Å²) < 4.78 is 0. The molecule has 0 aromatic heterocycles. The van der Waals surface area contributed by atoms with Gasteiger partial charge in [-0.1, -0.05) is 18.1 Å². The monoisotopic (exact) mass is 205 g/mol. The summed E-state index contributed by atoms with van der Waals surface area (Å²) in [7, 11) is 0. The Balaban J connectivity index is 2.23. The number of hydrogen-bond acceptors (Lipinski definition) is 3. The van der Waals surface area contributed by atoms with Gasteiger partial charge >= 0.3 is 0 Å². The number of nitrogens with two attached hydrogens (primary N) is 1. The van der Waals surface area contributed by atoms with Crippen molar-refractivity contribution in [3.8, 4) is 11.8 Å². The maximum atomic E-state index is 5.54. The molecule has 14 heavy (non-hydrogen) atoms. The molecule has 0 saturated carbocycles. The van der Waals surface area contributed by atoms with E-state index in [9.17, 15) is 0 Å². The summed E-state index contributed by atoms with van der Waals surface area (Å²) in [6, 6.07) is 0. The molecule has 72 valence electrons. The van der Waals surface area contributed by atoms with Crippen LogP contribution in [0.4, 0.5) is 0 Å². The topological polar surface area (TPSA) is 41.6 Å². The molecule has 0 amide bonds. The second-order valence-corrected chi connectivity index (χ2v) is 3.68. The first-order valence-corrected chi connectivity index (χ1v) is 5.00. The first kappa shape index (κ1) is 9.22. The van der Waals surface area contributed by atoms with Gasteiger partial charge in [0.1, 0.15) is 4.99 Å². The van der Waals surface area contributed by atoms with E-state index < -0.39 is 0 Å². The maximum absolute atomic E-state index is 5.54. The Morgan fingerprint density at radius 1 is 1.57 bits per heavy atom. The van der Waals surface area contributed by atoms with Crippen molar-refractivity contribution in [1.29, 1.82) is 0 Å². The van der Waals surface area contributed by atoms with E-state index in [1.807, 2.05) is 6.08 Å². The highest BCUT2D eigenvalue weighted by Gasteiger charge is 2.18. The molecule has 0 spiro atoms. The van der Waals surface area contributed by atoms with Crippen molar-refractivity contribution in [1.82, 2.24) is 4.90 Å². The lowest BCUT2D eigenvalue weighted by atomic mass is 10.2. The van der Waals surface area contributed by atoms with Gasteiger partial charge in [-0.15, -0.1) is 0 Å². The van der Waals surface area contributed by atoms with Gasteiger partial charge in [0.05, 0.1) is 5.70 Å². The van der Waals surface area contributed by atoms with Crippen molar-refractivity contribution in [2.75, 3.05) is 13.1 Å². The lowest BCUT2D eigenvalue weighted by molar-refractivity contribution is 0.302. The Morgan fingerprint density at radius 2 is 2.36 bits per heavy atom. The van der Waals surface area contributed by atoms with Gasteiger partial charge in [-0.25, -0.2) is 4.99 Å². The standard InChI is InChI=1S/C10H11N3S/c11-10(14)8-4-1-2-5-9(12-8)13-6-3-7-13/h4H,1,3,6-7H2,(H2,11,14). The number of rotatable bonds is 1. The highest BCUT2D eigenvalue weighted by Crippen LogP contribution is 2.11. The van der Waals surface area contributed by atoms with Crippen LogP contribution in [0, 0.1) is 11.8 Å². The average Bonchev–Trinajstić information content (AvgIpc) is 2.26. The van der Waals surface area contributed by atoms with Gasteiger partial charge in [-0.05, 0) is 18.4 Å². The largest absolute Gasteiger partial charge is 0.388 e. The van der Waals surface area contributed by atoms with Gasteiger partial charge in [0.15, 0.2) is 5.84 Å². The molecule has 0 bridgehead atoms. The van der Waals surface area contributed by atoms with E-state index in [1.165, 1.54) is 6.42 Å². The lowest BCUT2D eigenvalue weighted by Crippen LogP contribution is -2.41. The van der Waals surface area contributed by atoms with Crippen LogP contribution in [0.25, 0.3) is 0 Å². The molecule has 2 heterocycles. The number of allylic oxidation sites excluding steroid dienone is 1. The molecule has 2 N–H and O–H groups in total. The molecule has 0 aliphatic carbocycles. The first-order valence-electron chi connectivity index (χ1n) is 4.60. The third-order valence-corrected chi connectivity index (χ3v) is 2.44. The highest BCUT2D eigenvalue weighted by molar-refractivity contribution is 7.80. The van der Waals surface area contributed by atoms with Crippen LogP contribution in [0.2, 0.25) is 0 Å². The van der Waals surface area contributed by atoms with Gasteiger partial charge in [0.25, 0.3) is 0 Å². The zero-order valence-corrected chi connectivity index (χ0v) is 8.60. The van der Waals surface area contributed by atoms with Gasteiger partial charge < -0.3 is 10.6 Å². The zero-order chi connectivity index (χ0) is 9.97. The third-order valence-electron chi connectivity index (χ3n) is 2.23. The molecule has 0 aromatic carbocycles. The van der Waals surface area contributed by atoms with E-state index in [-0.39, 0.29) is 0 Å². The van der Waals surface area contributed by atoms with E-state index in [0.29, 0.717) is 17.1 Å². The smallest absolute Gasteiger partial charge is 0.181 e. The SMILES string of the molecule is NC(=S)C1=CCC#CC(N2CCC2)=N1. The minimum atomic E-state index is 0.341. The van der Waals surface area contributed by atoms with Gasteiger partial charge in [-0.3, -0.25) is 0 Å². The minimum Gasteiger partial charge on any atom is -0.388 e. The minimum absolute atomic E-state index is 0.341. The van der Waals surface area contributed by atoms with Crippen LogP contribution < -0.4 is 5.73 Å². The predicted molar refractivity (Wildman–Crippen MR) is 60.9 cm³/mol. The van der Waals surface area contributed by atoms with Crippen LogP contribution in [-0.2, 0) is 0 Å². The molecule has 0 atom stereocenters. The molecule has 2 aliphatic rings. The number of nitrogens with zero attached hydrogens (tertiary/aromatic N) is 2. The molecule has 1 fully saturated rings. The molecule has 0 aromatic rings. The van der Waals surface area contributed by atoms with Crippen LogP contribution in [0.3, 0.4) is 0 Å². The van der Waals surface area contributed by atoms with Crippen molar-refractivity contribution in [3.63, 3.8) is 0 Å². The zero-order valence-electron chi connectivity index (χ0n) is 7.79. The average molecular weight is 205 g/mol. The fourth-order valence-electron chi connectivity index (χ4n) is 1.30. The molecule has 0 radical (unpaired) electrons. The van der Waals surface area contributed by atoms with E-state index in [2.05, 4.69) is 21.7 Å². The number of aliphatic imine (C=N–C) groups is 1. The Hall–Kier alpha value is -1.34. The number of amidine groups is 1. The van der Waals surface area contributed by atoms with Crippen LogP contribution in [0.15, 0.2) is 16.8 Å². The Labute approximate surface area is 88.7 Å². The maximum Gasteiger partial charge on any atom is 0.181 e. The number of hydrogen-bond donors (Lipinski definition) is 1. The van der Waals surface area contributed by atoms with Gasteiger partial charge in [0.2, 0.25) is 0 Å². The normalized spacial score (nSPS) is 19.6. The fraction of sp³-hybridized carbons (Fsp3) is 0.400. The molecule has 4 heteroatoms. The summed E-state index contributed by atoms with van der Waals surface area (Å²) in [4.78, 5) is 6.85. The van der Waals surface area contributed by atoms with E-state index in [0.717, 1.165) is 18.9 Å². The van der Waals surface area contributed by atoms with Crippen molar-refractivity contribution < 1.29 is 0 Å². The summed E-state index contributed by atoms with van der Waals surface area (Å²) in [6.07, 6.45) is 3.77. The van der Waals surface area contributed by atoms with E-state index in [1.54, 1.807) is 0 Å². The number of thiocarbonyl (C=S) groups is 1. The van der Waals surface area contributed by atoms with Crippen LogP contribution in [-0.4, -0.2) is 28.8 Å². The fourth-order valence-corrected chi connectivity index (χ4v) is 1.43. The van der Waals surface area contributed by atoms with Crippen molar-refractivity contribution in [2.45, 2.75) is 12.8 Å². The summed E-state index contributed by atoms with van der Waals surface area (Å²) >= 11 is 4.90. The van der Waals surface area contributed by atoms with E-state index >= 15 is 0 Å². The van der Waals surface area contributed by atoms with Gasteiger partial charge in [-0.2, -0.15) is 0 Å². The number of likely N-dealkylation sites (tertiary alicyclic amines) is 1. The Morgan fingerprint density at radius 3 is 2.93 bits per heavy atom.